The largest absolute Gasteiger partial charge is 0.394 e. The van der Waals surface area contributed by atoms with E-state index in [0.29, 0.717) is 0 Å². The van der Waals surface area contributed by atoms with Crippen LogP contribution in [0.4, 0.5) is 5.69 Å². The Morgan fingerprint density at radius 2 is 1.75 bits per heavy atom. The highest BCUT2D eigenvalue weighted by molar-refractivity contribution is 5.50. The van der Waals surface area contributed by atoms with Gasteiger partial charge in [0.2, 0.25) is 0 Å². The number of rotatable bonds is 5. The third kappa shape index (κ3) is 2.86. The molecule has 2 aromatic carbocycles. The van der Waals surface area contributed by atoms with E-state index in [9.17, 15) is 5.11 Å². The Balaban J connectivity index is 2.43. The zero-order valence-corrected chi connectivity index (χ0v) is 12.4. The smallest absolute Gasteiger partial charge is 0.0879 e. The van der Waals surface area contributed by atoms with Crippen LogP contribution >= 0.6 is 0 Å². The second-order valence-electron chi connectivity index (χ2n) is 5.64. The minimum absolute atomic E-state index is 0.0582. The monoisotopic (exact) mass is 269 g/mol. The summed E-state index contributed by atoms with van der Waals surface area (Å²) >= 11 is 0. The minimum Gasteiger partial charge on any atom is -0.394 e. The molecule has 20 heavy (non-hydrogen) atoms. The van der Waals surface area contributed by atoms with Gasteiger partial charge in [-0.15, -0.1) is 0 Å². The van der Waals surface area contributed by atoms with Crippen molar-refractivity contribution in [3.8, 4) is 0 Å². The second kappa shape index (κ2) is 6.10. The highest BCUT2D eigenvalue weighted by Gasteiger charge is 2.34. The van der Waals surface area contributed by atoms with Crippen molar-refractivity contribution < 1.29 is 5.11 Å². The molecule has 0 radical (unpaired) electrons. The topological polar surface area (TPSA) is 32.3 Å². The van der Waals surface area contributed by atoms with Gasteiger partial charge in [0.1, 0.15) is 0 Å². The summed E-state index contributed by atoms with van der Waals surface area (Å²) in [7, 11) is 0. The summed E-state index contributed by atoms with van der Waals surface area (Å²) in [6.07, 6.45) is 0. The number of hydrogen-bond donors (Lipinski definition) is 2. The molecule has 0 spiro atoms. The number of aliphatic hydroxyl groups is 1. The van der Waals surface area contributed by atoms with Gasteiger partial charge in [-0.3, -0.25) is 0 Å². The summed E-state index contributed by atoms with van der Waals surface area (Å²) in [6.45, 7) is 6.39. The molecule has 2 nitrogen and oxygen atoms in total. The van der Waals surface area contributed by atoms with Gasteiger partial charge >= 0.3 is 0 Å². The summed E-state index contributed by atoms with van der Waals surface area (Å²) < 4.78 is 0. The Labute approximate surface area is 121 Å². The predicted octanol–water partition coefficient (Wildman–Crippen LogP) is 3.95. The van der Waals surface area contributed by atoms with E-state index in [4.69, 9.17) is 0 Å². The molecule has 1 unspecified atom stereocenters. The number of anilines is 1. The molecule has 106 valence electrons. The molecule has 0 saturated heterocycles. The number of nitrogens with one attached hydrogen (secondary N) is 1. The average Bonchev–Trinajstić information content (AvgIpc) is 2.45. The fraction of sp³-hybridized carbons (Fsp3) is 0.333. The van der Waals surface area contributed by atoms with Crippen LogP contribution in [0.25, 0.3) is 0 Å². The molecule has 0 aliphatic rings. The lowest BCUT2D eigenvalue weighted by atomic mass is 9.80. The zero-order chi connectivity index (χ0) is 14.6. The average molecular weight is 269 g/mol. The van der Waals surface area contributed by atoms with Crippen molar-refractivity contribution in [1.29, 1.82) is 0 Å². The van der Waals surface area contributed by atoms with Crippen LogP contribution in [0.2, 0.25) is 0 Å². The van der Waals surface area contributed by atoms with E-state index in [1.165, 1.54) is 5.56 Å². The summed E-state index contributed by atoms with van der Waals surface area (Å²) in [5.41, 5.74) is 2.89. The normalized spacial score (nSPS) is 14.1. The van der Waals surface area contributed by atoms with Crippen molar-refractivity contribution in [2.75, 3.05) is 11.9 Å². The fourth-order valence-corrected chi connectivity index (χ4v) is 2.58. The van der Waals surface area contributed by atoms with Crippen LogP contribution in [0.5, 0.6) is 0 Å². The first-order chi connectivity index (χ1) is 9.58. The van der Waals surface area contributed by atoms with E-state index in [1.807, 2.05) is 30.3 Å². The molecule has 0 aliphatic heterocycles. The minimum atomic E-state index is -0.463. The maximum Gasteiger partial charge on any atom is 0.0879 e. The number of hydrogen-bond acceptors (Lipinski definition) is 2. The molecule has 2 N–H and O–H groups in total. The SMILES string of the molecule is Cc1cccc(NC(CO)(c2ccccc2)C(C)C)c1. The Morgan fingerprint density at radius 3 is 2.30 bits per heavy atom. The van der Waals surface area contributed by atoms with Crippen LogP contribution in [0.1, 0.15) is 25.0 Å². The highest BCUT2D eigenvalue weighted by atomic mass is 16.3. The first-order valence-corrected chi connectivity index (χ1v) is 7.10. The first kappa shape index (κ1) is 14.6. The predicted molar refractivity (Wildman–Crippen MR) is 84.8 cm³/mol. The van der Waals surface area contributed by atoms with E-state index in [-0.39, 0.29) is 12.5 Å². The maximum atomic E-state index is 10.1. The number of aryl methyl sites for hydroxylation is 1. The summed E-state index contributed by atoms with van der Waals surface area (Å²) in [5.74, 6) is 0.260. The van der Waals surface area contributed by atoms with E-state index in [0.717, 1.165) is 11.3 Å². The Morgan fingerprint density at radius 1 is 1.05 bits per heavy atom. The van der Waals surface area contributed by atoms with Crippen molar-refractivity contribution in [2.45, 2.75) is 26.3 Å². The zero-order valence-electron chi connectivity index (χ0n) is 12.4. The van der Waals surface area contributed by atoms with Gasteiger partial charge in [-0.2, -0.15) is 0 Å². The standard InChI is InChI=1S/C18H23NO/c1-14(2)18(13-20,16-9-5-4-6-10-16)19-17-11-7-8-15(3)12-17/h4-12,14,19-20H,13H2,1-3H3. The van der Waals surface area contributed by atoms with Gasteiger partial charge in [-0.1, -0.05) is 56.3 Å². The Hall–Kier alpha value is -1.80. The van der Waals surface area contributed by atoms with Crippen LogP contribution in [0, 0.1) is 12.8 Å². The van der Waals surface area contributed by atoms with Crippen LogP contribution in [-0.2, 0) is 5.54 Å². The molecular formula is C18H23NO. The van der Waals surface area contributed by atoms with Gasteiger partial charge in [0.15, 0.2) is 0 Å². The third-order valence-corrected chi connectivity index (χ3v) is 3.91. The van der Waals surface area contributed by atoms with Crippen molar-refractivity contribution in [3.05, 3.63) is 65.7 Å². The molecule has 0 heterocycles. The van der Waals surface area contributed by atoms with Gasteiger partial charge < -0.3 is 10.4 Å². The van der Waals surface area contributed by atoms with Crippen molar-refractivity contribution >= 4 is 5.69 Å². The molecule has 1 atom stereocenters. The first-order valence-electron chi connectivity index (χ1n) is 7.10. The molecule has 0 aromatic heterocycles. The van der Waals surface area contributed by atoms with E-state index < -0.39 is 5.54 Å². The molecule has 0 amide bonds. The van der Waals surface area contributed by atoms with Crippen LogP contribution in [0.15, 0.2) is 54.6 Å². The molecule has 2 aromatic rings. The molecule has 0 aliphatic carbocycles. The lowest BCUT2D eigenvalue weighted by molar-refractivity contribution is 0.172. The van der Waals surface area contributed by atoms with Crippen LogP contribution in [-0.4, -0.2) is 11.7 Å². The van der Waals surface area contributed by atoms with E-state index >= 15 is 0 Å². The van der Waals surface area contributed by atoms with Crippen molar-refractivity contribution in [1.82, 2.24) is 0 Å². The number of aliphatic hydroxyl groups excluding tert-OH is 1. The maximum absolute atomic E-state index is 10.1. The molecule has 0 bridgehead atoms. The van der Waals surface area contributed by atoms with E-state index in [2.05, 4.69) is 50.4 Å². The summed E-state index contributed by atoms with van der Waals surface area (Å²) in [5, 5.41) is 13.6. The quantitative estimate of drug-likeness (QED) is 0.861. The van der Waals surface area contributed by atoms with Gasteiger partial charge in [-0.25, -0.2) is 0 Å². The third-order valence-electron chi connectivity index (χ3n) is 3.91. The highest BCUT2D eigenvalue weighted by Crippen LogP contribution is 2.33. The van der Waals surface area contributed by atoms with Crippen LogP contribution in [0.3, 0.4) is 0 Å². The molecule has 0 saturated carbocycles. The fourth-order valence-electron chi connectivity index (χ4n) is 2.58. The lowest BCUT2D eigenvalue weighted by Crippen LogP contribution is -2.44. The molecule has 0 fully saturated rings. The Bertz CT molecular complexity index is 550. The number of benzene rings is 2. The van der Waals surface area contributed by atoms with Crippen molar-refractivity contribution in [3.63, 3.8) is 0 Å². The lowest BCUT2D eigenvalue weighted by Gasteiger charge is -2.38. The van der Waals surface area contributed by atoms with Gasteiger partial charge in [0.05, 0.1) is 12.1 Å². The Kier molecular flexibility index (Phi) is 4.46. The summed E-state index contributed by atoms with van der Waals surface area (Å²) in [4.78, 5) is 0. The molecular weight excluding hydrogens is 246 g/mol. The molecule has 2 heteroatoms. The van der Waals surface area contributed by atoms with E-state index in [1.54, 1.807) is 0 Å². The van der Waals surface area contributed by atoms with Gasteiger partial charge in [-0.05, 0) is 36.1 Å². The molecule has 2 rings (SSSR count). The van der Waals surface area contributed by atoms with Crippen molar-refractivity contribution in [2.24, 2.45) is 5.92 Å². The summed E-state index contributed by atoms with van der Waals surface area (Å²) in [6, 6.07) is 18.4. The van der Waals surface area contributed by atoms with Gasteiger partial charge in [0.25, 0.3) is 0 Å². The van der Waals surface area contributed by atoms with Gasteiger partial charge in [0, 0.05) is 5.69 Å². The van der Waals surface area contributed by atoms with Crippen LogP contribution < -0.4 is 5.32 Å². The second-order valence-corrected chi connectivity index (χ2v) is 5.64.